The van der Waals surface area contributed by atoms with Gasteiger partial charge in [-0.3, -0.25) is 0 Å². The van der Waals surface area contributed by atoms with Crippen LogP contribution in [-0.4, -0.2) is 6.67 Å². The summed E-state index contributed by atoms with van der Waals surface area (Å²) in [7, 11) is 0. The predicted octanol–water partition coefficient (Wildman–Crippen LogP) is 7.06. The lowest BCUT2D eigenvalue weighted by Gasteiger charge is -2.20. The topological polar surface area (TPSA) is 15.3 Å². The summed E-state index contributed by atoms with van der Waals surface area (Å²) >= 11 is 10.7. The van der Waals surface area contributed by atoms with Crippen LogP contribution in [0.15, 0.2) is 73.4 Å². The van der Waals surface area contributed by atoms with Crippen LogP contribution < -0.4 is 10.2 Å². The van der Waals surface area contributed by atoms with Crippen LogP contribution in [0.25, 0.3) is 6.08 Å². The molecule has 0 radical (unpaired) electrons. The van der Waals surface area contributed by atoms with Gasteiger partial charge in [0.05, 0.1) is 23.7 Å². The van der Waals surface area contributed by atoms with Crippen molar-refractivity contribution < 1.29 is 0 Å². The first-order chi connectivity index (χ1) is 11.7. The highest BCUT2D eigenvalue weighted by molar-refractivity contribution is 14.1. The second kappa shape index (κ2) is 8.40. The number of anilines is 3. The van der Waals surface area contributed by atoms with Gasteiger partial charge in [-0.25, -0.2) is 0 Å². The van der Waals surface area contributed by atoms with Crippen molar-refractivity contribution in [3.05, 3.63) is 78.9 Å². The quantitative estimate of drug-likeness (QED) is 0.318. The van der Waals surface area contributed by atoms with Gasteiger partial charge >= 0.3 is 0 Å². The largest absolute Gasteiger partial charge is 0.366 e. The predicted molar refractivity (Wildman–Crippen MR) is 123 cm³/mol. The van der Waals surface area contributed by atoms with Gasteiger partial charge in [0, 0.05) is 8.61 Å². The van der Waals surface area contributed by atoms with Crippen molar-refractivity contribution in [3.63, 3.8) is 0 Å². The summed E-state index contributed by atoms with van der Waals surface area (Å²) in [6, 6.07) is 16.8. The van der Waals surface area contributed by atoms with Crippen molar-refractivity contribution in [2.45, 2.75) is 0 Å². The van der Waals surface area contributed by atoms with Gasteiger partial charge in [0.2, 0.25) is 0 Å². The van der Waals surface area contributed by atoms with E-state index in [0.717, 1.165) is 15.3 Å². The number of rotatable bonds is 4. The van der Waals surface area contributed by atoms with Crippen LogP contribution in [0.4, 0.5) is 17.1 Å². The first-order valence-corrected chi connectivity index (χ1v) is 10.1. The maximum atomic E-state index is 6.18. The van der Waals surface area contributed by atoms with E-state index in [1.165, 1.54) is 22.6 Å². The summed E-state index contributed by atoms with van der Waals surface area (Å²) in [5.74, 6) is 0. The Morgan fingerprint density at radius 2 is 1.79 bits per heavy atom. The molecule has 1 aliphatic rings. The smallest absolute Gasteiger partial charge is 0.0927 e. The van der Waals surface area contributed by atoms with Gasteiger partial charge in [0.25, 0.3) is 0 Å². The van der Waals surface area contributed by atoms with Crippen molar-refractivity contribution in [1.29, 1.82) is 0 Å². The summed E-state index contributed by atoms with van der Waals surface area (Å²) in [5, 5.41) is 4.16. The molecule has 0 fully saturated rings. The minimum Gasteiger partial charge on any atom is -0.366 e. The average molecular weight is 561 g/mol. The van der Waals surface area contributed by atoms with E-state index in [9.17, 15) is 0 Å². The van der Waals surface area contributed by atoms with Crippen LogP contribution in [0.3, 0.4) is 0 Å². The van der Waals surface area contributed by atoms with Crippen molar-refractivity contribution in [2.75, 3.05) is 16.9 Å². The maximum Gasteiger partial charge on any atom is 0.0927 e. The van der Waals surface area contributed by atoms with Gasteiger partial charge in [0.15, 0.2) is 0 Å². The fourth-order valence-corrected chi connectivity index (χ4v) is 4.24. The van der Waals surface area contributed by atoms with Crippen LogP contribution in [0.5, 0.6) is 0 Å². The number of para-hydroxylation sites is 3. The first kappa shape index (κ1) is 17.8. The van der Waals surface area contributed by atoms with Crippen LogP contribution in [0.2, 0.25) is 0 Å². The molecule has 0 aromatic heterocycles. The van der Waals surface area contributed by atoms with Crippen molar-refractivity contribution >= 4 is 79.9 Å². The molecule has 0 atom stereocenters. The molecule has 0 aliphatic carbocycles. The Hall–Kier alpha value is -0.990. The number of nitrogens with zero attached hydrogens (tertiary/aromatic N) is 1. The second-order valence-electron chi connectivity index (χ2n) is 5.19. The molecule has 0 amide bonds. The van der Waals surface area contributed by atoms with Gasteiger partial charge in [-0.15, -0.1) is 0 Å². The second-order valence-corrected chi connectivity index (χ2v) is 7.59. The number of benzene rings is 2. The van der Waals surface area contributed by atoms with Crippen LogP contribution in [-0.2, 0) is 0 Å². The summed E-state index contributed by atoms with van der Waals surface area (Å²) in [6.45, 7) is 0.773. The van der Waals surface area contributed by atoms with Gasteiger partial charge < -0.3 is 10.2 Å². The molecule has 0 unspecified atom stereocenters. The summed E-state index contributed by atoms with van der Waals surface area (Å²) in [4.78, 5) is 2.29. The zero-order valence-corrected chi connectivity index (χ0v) is 17.8. The van der Waals surface area contributed by atoms with E-state index in [0.29, 0.717) is 0 Å². The molecule has 1 heterocycles. The molecule has 2 aromatic carbocycles. The van der Waals surface area contributed by atoms with Gasteiger partial charge in [-0.2, -0.15) is 0 Å². The number of allylic oxidation sites excluding steroid dienone is 4. The molecule has 24 heavy (non-hydrogen) atoms. The molecule has 5 heteroatoms. The van der Waals surface area contributed by atoms with Crippen molar-refractivity contribution in [2.24, 2.45) is 0 Å². The number of fused-ring (bicyclic) bond motifs is 1. The minimum absolute atomic E-state index is 0.718. The van der Waals surface area contributed by atoms with E-state index in [-0.39, 0.29) is 0 Å². The number of hydrogen-bond acceptors (Lipinski definition) is 2. The Morgan fingerprint density at radius 3 is 2.58 bits per heavy atom. The molecule has 2 aromatic rings. The van der Waals surface area contributed by atoms with Crippen LogP contribution >= 0.6 is 56.8 Å². The van der Waals surface area contributed by atoms with E-state index in [2.05, 4.69) is 110 Å². The highest BCUT2D eigenvalue weighted by Crippen LogP contribution is 2.38. The number of nitrogens with one attached hydrogen (secondary N) is 1. The Bertz CT molecular complexity index is 828. The number of hydrogen-bond donors (Lipinski definition) is 1. The molecule has 1 N–H and O–H groups in total. The molecule has 0 spiro atoms. The Labute approximate surface area is 174 Å². The lowest BCUT2D eigenvalue weighted by Crippen LogP contribution is -2.17. The standard InChI is InChI=1S/C19H15ClI2N2/c20-15(9-10-21)12-16(22)11-14-5-1-3-7-18(14)24-13-23-17-6-2-4-8-19(17)24/h1-12,23H,13H2/b10-9-,15-12+,16-11-. The monoisotopic (exact) mass is 560 g/mol. The first-order valence-electron chi connectivity index (χ1n) is 7.39. The van der Waals surface area contributed by atoms with E-state index < -0.39 is 0 Å². The van der Waals surface area contributed by atoms with Crippen molar-refractivity contribution in [3.8, 4) is 0 Å². The van der Waals surface area contributed by atoms with Gasteiger partial charge in [-0.1, -0.05) is 64.5 Å². The van der Waals surface area contributed by atoms with E-state index in [1.807, 2.05) is 16.2 Å². The van der Waals surface area contributed by atoms with Crippen molar-refractivity contribution in [1.82, 2.24) is 0 Å². The molecule has 1 aliphatic heterocycles. The molecular weight excluding hydrogens is 545 g/mol. The van der Waals surface area contributed by atoms with Gasteiger partial charge in [0.1, 0.15) is 0 Å². The lowest BCUT2D eigenvalue weighted by molar-refractivity contribution is 1.09. The molecule has 2 nitrogen and oxygen atoms in total. The fourth-order valence-electron chi connectivity index (χ4n) is 2.61. The van der Waals surface area contributed by atoms with E-state index in [1.54, 1.807) is 0 Å². The minimum atomic E-state index is 0.718. The maximum absolute atomic E-state index is 6.18. The van der Waals surface area contributed by atoms with Crippen LogP contribution in [0.1, 0.15) is 5.56 Å². The fraction of sp³-hybridized carbons (Fsp3) is 0.0526. The third-order valence-corrected chi connectivity index (χ3v) is 4.86. The molecule has 0 saturated carbocycles. The molecule has 0 bridgehead atoms. The summed E-state index contributed by atoms with van der Waals surface area (Å²) in [6.07, 6.45) is 5.99. The molecule has 0 saturated heterocycles. The van der Waals surface area contributed by atoms with E-state index >= 15 is 0 Å². The Balaban J connectivity index is 1.97. The van der Waals surface area contributed by atoms with Crippen LogP contribution in [0, 0.1) is 0 Å². The van der Waals surface area contributed by atoms with E-state index in [4.69, 9.17) is 11.6 Å². The zero-order chi connectivity index (χ0) is 16.9. The van der Waals surface area contributed by atoms with Gasteiger partial charge in [-0.05, 0) is 68.7 Å². The summed E-state index contributed by atoms with van der Waals surface area (Å²) in [5.41, 5.74) is 4.72. The Kier molecular flexibility index (Phi) is 6.24. The third-order valence-electron chi connectivity index (χ3n) is 3.64. The molecule has 3 rings (SSSR count). The Morgan fingerprint density at radius 1 is 1.08 bits per heavy atom. The third kappa shape index (κ3) is 4.15. The highest BCUT2D eigenvalue weighted by Gasteiger charge is 2.20. The molecule has 122 valence electrons. The SMILES string of the molecule is ClC(/C=C\I)=C/C(I)=C/c1ccccc1N1CNc2ccccc21. The number of halogens is 3. The molecular formula is C19H15ClI2N2. The average Bonchev–Trinajstić information content (AvgIpc) is 2.99. The lowest BCUT2D eigenvalue weighted by atomic mass is 10.1. The zero-order valence-electron chi connectivity index (χ0n) is 12.7. The summed E-state index contributed by atoms with van der Waals surface area (Å²) < 4.78 is 2.99. The normalized spacial score (nSPS) is 14.9. The highest BCUT2D eigenvalue weighted by atomic mass is 127.